The summed E-state index contributed by atoms with van der Waals surface area (Å²) >= 11 is 3.09. The Bertz CT molecular complexity index is 736. The van der Waals surface area contributed by atoms with Gasteiger partial charge in [-0.05, 0) is 46.3 Å². The molecule has 2 N–H and O–H groups in total. The Morgan fingerprint density at radius 1 is 1.24 bits per heavy atom. The van der Waals surface area contributed by atoms with Crippen molar-refractivity contribution in [2.24, 2.45) is 5.73 Å². The first-order chi connectivity index (χ1) is 9.88. The molecule has 0 aliphatic carbocycles. The number of nitro groups is 1. The smallest absolute Gasteiger partial charge is 0.312 e. The molecule has 8 heteroatoms. The van der Waals surface area contributed by atoms with E-state index >= 15 is 0 Å². The van der Waals surface area contributed by atoms with Gasteiger partial charge >= 0.3 is 5.69 Å². The lowest BCUT2D eigenvalue weighted by Crippen LogP contribution is -2.11. The number of carbonyl (C=O) groups excluding carboxylic acids is 1. The molecule has 108 valence electrons. The standard InChI is InChI=1S/C13H8BrFN2O4/c14-9-6-8(15)2-4-11(9)21-12-3-1-7(13(16)18)5-10(12)17(19)20/h1-6H,(H2,16,18). The van der Waals surface area contributed by atoms with Gasteiger partial charge in [-0.25, -0.2) is 4.39 Å². The maximum atomic E-state index is 13.0. The van der Waals surface area contributed by atoms with Gasteiger partial charge in [-0.1, -0.05) is 0 Å². The van der Waals surface area contributed by atoms with Gasteiger partial charge in [-0.2, -0.15) is 0 Å². The van der Waals surface area contributed by atoms with E-state index in [0.29, 0.717) is 4.47 Å². The average molecular weight is 355 g/mol. The molecule has 6 nitrogen and oxygen atoms in total. The van der Waals surface area contributed by atoms with Crippen molar-refractivity contribution in [3.8, 4) is 11.5 Å². The summed E-state index contributed by atoms with van der Waals surface area (Å²) in [6, 6.07) is 7.24. The maximum absolute atomic E-state index is 13.0. The first-order valence-electron chi connectivity index (χ1n) is 5.59. The van der Waals surface area contributed by atoms with E-state index in [1.807, 2.05) is 0 Å². The van der Waals surface area contributed by atoms with E-state index in [2.05, 4.69) is 15.9 Å². The fourth-order valence-electron chi connectivity index (χ4n) is 1.58. The molecular formula is C13H8BrFN2O4. The van der Waals surface area contributed by atoms with E-state index in [1.165, 1.54) is 24.3 Å². The molecule has 0 spiro atoms. The summed E-state index contributed by atoms with van der Waals surface area (Å²) in [4.78, 5) is 21.4. The number of hydrogen-bond acceptors (Lipinski definition) is 4. The second-order valence-corrected chi connectivity index (χ2v) is 4.84. The van der Waals surface area contributed by atoms with Crippen molar-refractivity contribution in [1.82, 2.24) is 0 Å². The fraction of sp³-hybridized carbons (Fsp3) is 0. The van der Waals surface area contributed by atoms with Crippen LogP contribution in [0.2, 0.25) is 0 Å². The lowest BCUT2D eigenvalue weighted by Gasteiger charge is -2.08. The van der Waals surface area contributed by atoms with Gasteiger partial charge in [-0.3, -0.25) is 14.9 Å². The molecule has 0 unspecified atom stereocenters. The van der Waals surface area contributed by atoms with Crippen LogP contribution in [0.25, 0.3) is 0 Å². The summed E-state index contributed by atoms with van der Waals surface area (Å²) < 4.78 is 18.7. The number of rotatable bonds is 4. The molecule has 2 aromatic carbocycles. The van der Waals surface area contributed by atoms with Gasteiger partial charge in [0.2, 0.25) is 11.7 Å². The summed E-state index contributed by atoms with van der Waals surface area (Å²) in [5.41, 5.74) is 4.65. The molecule has 2 aromatic rings. The molecule has 0 radical (unpaired) electrons. The minimum absolute atomic E-state index is 0.00720. The van der Waals surface area contributed by atoms with Gasteiger partial charge in [0.1, 0.15) is 11.6 Å². The molecule has 0 saturated carbocycles. The normalized spacial score (nSPS) is 10.2. The van der Waals surface area contributed by atoms with Gasteiger partial charge in [0, 0.05) is 11.6 Å². The van der Waals surface area contributed by atoms with Gasteiger partial charge < -0.3 is 10.5 Å². The van der Waals surface area contributed by atoms with Crippen LogP contribution in [0.3, 0.4) is 0 Å². The van der Waals surface area contributed by atoms with Crippen molar-refractivity contribution in [1.29, 1.82) is 0 Å². The SMILES string of the molecule is NC(=O)c1ccc(Oc2ccc(F)cc2Br)c([N+](=O)[O-])c1. The van der Waals surface area contributed by atoms with Gasteiger partial charge in [0.05, 0.1) is 9.40 Å². The number of nitrogens with zero attached hydrogens (tertiary/aromatic N) is 1. The maximum Gasteiger partial charge on any atom is 0.312 e. The van der Waals surface area contributed by atoms with Crippen molar-refractivity contribution >= 4 is 27.5 Å². The molecule has 0 saturated heterocycles. The number of hydrogen-bond donors (Lipinski definition) is 1. The van der Waals surface area contributed by atoms with Gasteiger partial charge in [-0.15, -0.1) is 0 Å². The zero-order valence-corrected chi connectivity index (χ0v) is 12.0. The third-order valence-corrected chi connectivity index (χ3v) is 3.17. The van der Waals surface area contributed by atoms with Crippen molar-refractivity contribution in [2.75, 3.05) is 0 Å². The summed E-state index contributed by atoms with van der Waals surface area (Å²) in [6.07, 6.45) is 0. The zero-order valence-electron chi connectivity index (χ0n) is 10.4. The quantitative estimate of drug-likeness (QED) is 0.672. The molecular weight excluding hydrogens is 347 g/mol. The van der Waals surface area contributed by atoms with E-state index in [4.69, 9.17) is 10.5 Å². The van der Waals surface area contributed by atoms with Crippen LogP contribution >= 0.6 is 15.9 Å². The van der Waals surface area contributed by atoms with E-state index in [-0.39, 0.29) is 17.1 Å². The molecule has 0 bridgehead atoms. The summed E-state index contributed by atoms with van der Waals surface area (Å²) in [7, 11) is 0. The monoisotopic (exact) mass is 354 g/mol. The lowest BCUT2D eigenvalue weighted by molar-refractivity contribution is -0.385. The van der Waals surface area contributed by atoms with Crippen molar-refractivity contribution < 1.29 is 18.8 Å². The van der Waals surface area contributed by atoms with Crippen LogP contribution in [0.15, 0.2) is 40.9 Å². The van der Waals surface area contributed by atoms with Gasteiger partial charge in [0.15, 0.2) is 0 Å². The van der Waals surface area contributed by atoms with Crippen LogP contribution in [0.1, 0.15) is 10.4 Å². The molecule has 0 aliphatic heterocycles. The Balaban J connectivity index is 2.44. The number of ether oxygens (including phenoxy) is 1. The highest BCUT2D eigenvalue weighted by atomic mass is 79.9. The van der Waals surface area contributed by atoms with Crippen molar-refractivity contribution in [3.63, 3.8) is 0 Å². The summed E-state index contributed by atoms with van der Waals surface area (Å²) in [6.45, 7) is 0. The van der Waals surface area contributed by atoms with Crippen LogP contribution in [0.4, 0.5) is 10.1 Å². The number of amides is 1. The predicted molar refractivity (Wildman–Crippen MR) is 75.8 cm³/mol. The first kappa shape index (κ1) is 14.9. The molecule has 0 aromatic heterocycles. The second-order valence-electron chi connectivity index (χ2n) is 3.98. The summed E-state index contributed by atoms with van der Waals surface area (Å²) in [5, 5.41) is 11.0. The average Bonchev–Trinajstić information content (AvgIpc) is 2.41. The van der Waals surface area contributed by atoms with E-state index in [1.54, 1.807) is 0 Å². The Morgan fingerprint density at radius 2 is 1.90 bits per heavy atom. The highest BCUT2D eigenvalue weighted by molar-refractivity contribution is 9.10. The number of carbonyl (C=O) groups is 1. The van der Waals surface area contributed by atoms with Crippen LogP contribution in [-0.4, -0.2) is 10.8 Å². The highest BCUT2D eigenvalue weighted by Gasteiger charge is 2.19. The Hall–Kier alpha value is -2.48. The lowest BCUT2D eigenvalue weighted by atomic mass is 10.2. The largest absolute Gasteiger partial charge is 0.449 e. The van der Waals surface area contributed by atoms with Crippen LogP contribution in [0, 0.1) is 15.9 Å². The summed E-state index contributed by atoms with van der Waals surface area (Å²) in [5.74, 6) is -1.15. The molecule has 21 heavy (non-hydrogen) atoms. The van der Waals surface area contributed by atoms with Gasteiger partial charge in [0.25, 0.3) is 0 Å². The molecule has 0 heterocycles. The fourth-order valence-corrected chi connectivity index (χ4v) is 2.01. The van der Waals surface area contributed by atoms with Crippen LogP contribution in [0.5, 0.6) is 11.5 Å². The van der Waals surface area contributed by atoms with E-state index < -0.39 is 22.3 Å². The zero-order chi connectivity index (χ0) is 15.6. The van der Waals surface area contributed by atoms with Crippen molar-refractivity contribution in [3.05, 3.63) is 62.4 Å². The third kappa shape index (κ3) is 3.34. The minimum Gasteiger partial charge on any atom is -0.449 e. The third-order valence-electron chi connectivity index (χ3n) is 2.55. The number of halogens is 2. The molecule has 0 atom stereocenters. The number of nitro benzene ring substituents is 1. The minimum atomic E-state index is -0.785. The van der Waals surface area contributed by atoms with Crippen LogP contribution < -0.4 is 10.5 Å². The Labute approximate surface area is 126 Å². The number of benzene rings is 2. The van der Waals surface area contributed by atoms with E-state index in [9.17, 15) is 19.3 Å². The molecule has 1 amide bonds. The molecule has 2 rings (SSSR count). The predicted octanol–water partition coefficient (Wildman–Crippen LogP) is 3.39. The Kier molecular flexibility index (Phi) is 4.18. The Morgan fingerprint density at radius 3 is 2.48 bits per heavy atom. The molecule has 0 fully saturated rings. The second kappa shape index (κ2) is 5.88. The van der Waals surface area contributed by atoms with Crippen LogP contribution in [-0.2, 0) is 0 Å². The first-order valence-corrected chi connectivity index (χ1v) is 6.39. The topological polar surface area (TPSA) is 95.5 Å². The van der Waals surface area contributed by atoms with E-state index in [0.717, 1.165) is 12.1 Å². The number of nitrogens with two attached hydrogens (primary N) is 1. The molecule has 0 aliphatic rings. The van der Waals surface area contributed by atoms with Crippen molar-refractivity contribution in [2.45, 2.75) is 0 Å². The number of primary amides is 1. The highest BCUT2D eigenvalue weighted by Crippen LogP contribution is 2.35.